The van der Waals surface area contributed by atoms with Crippen LogP contribution in [-0.4, -0.2) is 0 Å². The molecule has 0 aromatic heterocycles. The van der Waals surface area contributed by atoms with Crippen LogP contribution in [0, 0.1) is 0 Å². The van der Waals surface area contributed by atoms with Crippen molar-refractivity contribution in [2.24, 2.45) is 0 Å². The monoisotopic (exact) mass is 430 g/mol. The molecule has 22 heavy (non-hydrogen) atoms. The number of rotatable bonds is 6. The minimum Gasteiger partial charge on any atom is -0.772 e. The Morgan fingerprint density at radius 3 is 1.00 bits per heavy atom. The van der Waals surface area contributed by atoms with Gasteiger partial charge in [0.2, 0.25) is 15.2 Å². The van der Waals surface area contributed by atoms with E-state index in [2.05, 4.69) is 21.8 Å². The van der Waals surface area contributed by atoms with E-state index < -0.39 is 31.7 Å². The second-order valence-electron chi connectivity index (χ2n) is 2.06. The quantitative estimate of drug-likeness (QED) is 0.290. The summed E-state index contributed by atoms with van der Waals surface area (Å²) in [7, 11) is -15.3. The van der Waals surface area contributed by atoms with Crippen LogP contribution in [0.1, 0.15) is 0 Å². The largest absolute Gasteiger partial charge is 1.00 e. The van der Waals surface area contributed by atoms with Crippen LogP contribution >= 0.6 is 31.7 Å². The minimum atomic E-state index is -4.31. The molecule has 10 nitrogen and oxygen atoms in total. The van der Waals surface area contributed by atoms with E-state index in [-0.39, 0.29) is 118 Å². The van der Waals surface area contributed by atoms with Crippen molar-refractivity contribution in [3.05, 3.63) is 24.8 Å². The number of hydrogen-bond acceptors (Lipinski definition) is 10. The minimum absolute atomic E-state index is 0. The van der Waals surface area contributed by atoms with Crippen LogP contribution in [-0.2, 0) is 26.9 Å². The molecule has 18 heteroatoms. The Hall–Kier alpha value is 3.90. The van der Waals surface area contributed by atoms with Gasteiger partial charge in [-0.15, -0.1) is 0 Å². The van der Waals surface area contributed by atoms with E-state index in [0.29, 0.717) is 11.6 Å². The van der Waals surface area contributed by atoms with Gasteiger partial charge in [0, 0.05) is 0 Å². The summed E-state index contributed by atoms with van der Waals surface area (Å²) >= 11 is 0. The Morgan fingerprint density at radius 1 is 0.773 bits per heavy atom. The van der Waals surface area contributed by atoms with E-state index in [1.54, 1.807) is 0 Å². The van der Waals surface area contributed by atoms with Crippen LogP contribution in [0.2, 0.25) is 0 Å². The molecule has 4 unspecified atom stereocenters. The Labute approximate surface area is 217 Å². The summed E-state index contributed by atoms with van der Waals surface area (Å²) in [6.07, 6.45) is 0. The van der Waals surface area contributed by atoms with E-state index in [9.17, 15) is 37.8 Å². The molecule has 0 amide bonds. The van der Waals surface area contributed by atoms with Gasteiger partial charge < -0.3 is 19.6 Å². The second-order valence-corrected chi connectivity index (χ2v) is 7.15. The molecule has 0 radical (unpaired) electrons. The van der Waals surface area contributed by atoms with Crippen LogP contribution in [0.4, 0.5) is 0 Å². The fourth-order valence-corrected chi connectivity index (χ4v) is 2.27. The molecule has 4 atom stereocenters. The van der Waals surface area contributed by atoms with Gasteiger partial charge in [-0.05, 0) is 20.8 Å². The maximum absolute atomic E-state index is 10.1. The summed E-state index contributed by atoms with van der Waals surface area (Å²) in [6, 6.07) is 0. The van der Waals surface area contributed by atoms with Crippen LogP contribution in [0.15, 0.2) is 24.8 Å². The summed E-state index contributed by atoms with van der Waals surface area (Å²) in [6.45, 7) is 5.63. The van der Waals surface area contributed by atoms with Crippen molar-refractivity contribution in [3.63, 3.8) is 0 Å². The van der Waals surface area contributed by atoms with Gasteiger partial charge >= 0.3 is 135 Å². The summed E-state index contributed by atoms with van der Waals surface area (Å²) in [5.74, 6) is 0.857. The standard InChI is InChI=1S/2C2H4O5P2.4Na/c2*1-2-9(5,6)7-8(3)4;;;;/h2*2H,1H2,(H,5,6);;;;/q;;4*+1/p-2. The molecule has 0 rings (SSSR count). The molecule has 104 valence electrons. The first-order valence-electron chi connectivity index (χ1n) is 3.52. The van der Waals surface area contributed by atoms with Gasteiger partial charge in [-0.2, -0.15) is 0 Å². The van der Waals surface area contributed by atoms with Gasteiger partial charge in [0.25, 0.3) is 0 Å². The molecule has 0 aliphatic rings. The van der Waals surface area contributed by atoms with E-state index in [0.717, 1.165) is 0 Å². The molecule has 0 saturated heterocycles. The van der Waals surface area contributed by atoms with Gasteiger partial charge in [-0.1, -0.05) is 21.8 Å². The van der Waals surface area contributed by atoms with Crippen molar-refractivity contribution in [1.29, 1.82) is 0 Å². The normalized spacial score (nSPS) is 14.9. The van der Waals surface area contributed by atoms with E-state index >= 15 is 0 Å². The first-order chi connectivity index (χ1) is 7.95. The zero-order valence-corrected chi connectivity index (χ0v) is 24.0. The van der Waals surface area contributed by atoms with Crippen molar-refractivity contribution < 1.29 is 165 Å². The molecule has 0 aromatic rings. The molecule has 0 fully saturated rings. The van der Waals surface area contributed by atoms with Crippen molar-refractivity contribution in [2.45, 2.75) is 0 Å². The predicted molar refractivity (Wildman–Crippen MR) is 53.0 cm³/mol. The Morgan fingerprint density at radius 2 is 0.955 bits per heavy atom. The first kappa shape index (κ1) is 40.6. The molecular formula is C4H6Na4O10P4+2. The fourth-order valence-electron chi connectivity index (χ4n) is 0.253. The third-order valence-corrected chi connectivity index (χ3v) is 4.59. The van der Waals surface area contributed by atoms with Crippen LogP contribution in [0.3, 0.4) is 0 Å². The summed E-state index contributed by atoms with van der Waals surface area (Å²) in [4.78, 5) is 39.4. The molecule has 0 bridgehead atoms. The Bertz CT molecular complexity index is 403. The Balaban J connectivity index is -0.0000000492. The van der Waals surface area contributed by atoms with Crippen molar-refractivity contribution in [3.8, 4) is 0 Å². The second kappa shape index (κ2) is 21.2. The maximum atomic E-state index is 10.1. The fraction of sp³-hybridized carbons (Fsp3) is 0. The van der Waals surface area contributed by atoms with Crippen LogP contribution in [0.25, 0.3) is 0 Å². The smallest absolute Gasteiger partial charge is 0.772 e. The van der Waals surface area contributed by atoms with Gasteiger partial charge in [-0.25, -0.2) is 0 Å². The Kier molecular flexibility index (Phi) is 39.1. The molecule has 0 heterocycles. The van der Waals surface area contributed by atoms with E-state index in [1.807, 2.05) is 0 Å². The topological polar surface area (TPSA) is 179 Å². The van der Waals surface area contributed by atoms with Crippen molar-refractivity contribution in [1.82, 2.24) is 0 Å². The van der Waals surface area contributed by atoms with Crippen LogP contribution < -0.4 is 138 Å². The third-order valence-electron chi connectivity index (χ3n) is 0.808. The van der Waals surface area contributed by atoms with E-state index in [4.69, 9.17) is 0 Å². The predicted octanol–water partition coefficient (Wildman–Crippen LogP) is -12.5. The molecule has 0 saturated carbocycles. The summed E-state index contributed by atoms with van der Waals surface area (Å²) in [5.41, 5.74) is 0. The molecule has 0 aromatic carbocycles. The average molecular weight is 430 g/mol. The molecule has 0 aliphatic carbocycles. The zero-order valence-electron chi connectivity index (χ0n) is 12.4. The summed E-state index contributed by atoms with van der Waals surface area (Å²) < 4.78 is 46.2. The van der Waals surface area contributed by atoms with Gasteiger partial charge in [0.1, 0.15) is 0 Å². The van der Waals surface area contributed by atoms with Crippen LogP contribution in [0.5, 0.6) is 0 Å². The zero-order chi connectivity index (χ0) is 15.0. The van der Waals surface area contributed by atoms with Gasteiger partial charge in [0.05, 0.1) is 0 Å². The molecule has 0 N–H and O–H groups in total. The van der Waals surface area contributed by atoms with Crippen molar-refractivity contribution >= 4 is 31.7 Å². The first-order valence-corrected chi connectivity index (χ1v) is 8.94. The molecule has 0 aliphatic heterocycles. The number of hydrogen-bond donors (Lipinski definition) is 0. The third kappa shape index (κ3) is 31.6. The molecular weight excluding hydrogens is 424 g/mol. The van der Waals surface area contributed by atoms with Crippen molar-refractivity contribution in [2.75, 3.05) is 0 Å². The summed E-state index contributed by atoms with van der Waals surface area (Å²) in [5, 5.41) is 0. The van der Waals surface area contributed by atoms with E-state index in [1.165, 1.54) is 0 Å². The average Bonchev–Trinajstić information content (AvgIpc) is 2.15. The van der Waals surface area contributed by atoms with Gasteiger partial charge in [-0.3, -0.25) is 9.13 Å². The maximum Gasteiger partial charge on any atom is 1.00 e. The molecule has 0 spiro atoms. The van der Waals surface area contributed by atoms with Gasteiger partial charge in [0.15, 0.2) is 0 Å². The SMILES string of the molecule is C=CP(=O)([O-])O[P+](=O)[O-].C=CP(=O)([O-])O[P+](=O)[O-].[Na+].[Na+].[Na+].[Na+].